The first-order valence-electron chi connectivity index (χ1n) is 5.58. The average molecular weight is 190 g/mol. The van der Waals surface area contributed by atoms with E-state index in [2.05, 4.69) is 6.92 Å². The second-order valence-electron chi connectivity index (χ2n) is 4.23. The Kier molecular flexibility index (Phi) is 3.07. The zero-order chi connectivity index (χ0) is 9.80. The molecular formula is C13H18O. The molecule has 1 aromatic carbocycles. The van der Waals surface area contributed by atoms with Crippen LogP contribution in [-0.4, -0.2) is 6.10 Å². The molecule has 0 aromatic heterocycles. The second kappa shape index (κ2) is 4.50. The molecule has 0 heterocycles. The summed E-state index contributed by atoms with van der Waals surface area (Å²) in [5.74, 6) is 1.73. The molecule has 1 aliphatic carbocycles. The molecule has 0 aliphatic heterocycles. The van der Waals surface area contributed by atoms with Gasteiger partial charge in [-0.25, -0.2) is 0 Å². The van der Waals surface area contributed by atoms with E-state index in [1.165, 1.54) is 25.7 Å². The van der Waals surface area contributed by atoms with E-state index < -0.39 is 0 Å². The Morgan fingerprint density at radius 2 is 1.79 bits per heavy atom. The van der Waals surface area contributed by atoms with Crippen molar-refractivity contribution in [3.63, 3.8) is 0 Å². The summed E-state index contributed by atoms with van der Waals surface area (Å²) in [6.45, 7) is 2.30. The van der Waals surface area contributed by atoms with E-state index in [0.717, 1.165) is 5.75 Å². The third kappa shape index (κ3) is 2.28. The fraction of sp³-hybridized carbons (Fsp3) is 0.538. The molecule has 0 bridgehead atoms. The van der Waals surface area contributed by atoms with Crippen LogP contribution < -0.4 is 4.74 Å². The minimum atomic E-state index is 0.436. The van der Waals surface area contributed by atoms with Crippen molar-refractivity contribution in [1.29, 1.82) is 0 Å². The SMILES string of the molecule is CC1CCCCC1Oc1ccccc1. The summed E-state index contributed by atoms with van der Waals surface area (Å²) < 4.78 is 5.97. The van der Waals surface area contributed by atoms with E-state index in [1.807, 2.05) is 30.3 Å². The molecule has 1 nitrogen and oxygen atoms in total. The molecule has 0 saturated heterocycles. The van der Waals surface area contributed by atoms with Crippen LogP contribution in [-0.2, 0) is 0 Å². The fourth-order valence-corrected chi connectivity index (χ4v) is 2.13. The standard InChI is InChI=1S/C13H18O/c1-11-7-5-6-10-13(11)14-12-8-3-2-4-9-12/h2-4,8-9,11,13H,5-7,10H2,1H3. The third-order valence-electron chi connectivity index (χ3n) is 3.06. The van der Waals surface area contributed by atoms with Gasteiger partial charge >= 0.3 is 0 Å². The minimum Gasteiger partial charge on any atom is -0.490 e. The summed E-state index contributed by atoms with van der Waals surface area (Å²) in [6.07, 6.45) is 5.66. The number of rotatable bonds is 2. The maximum Gasteiger partial charge on any atom is 0.119 e. The number of ether oxygens (including phenoxy) is 1. The van der Waals surface area contributed by atoms with Crippen LogP contribution in [0.25, 0.3) is 0 Å². The van der Waals surface area contributed by atoms with Crippen molar-refractivity contribution in [2.75, 3.05) is 0 Å². The molecule has 0 amide bonds. The van der Waals surface area contributed by atoms with Crippen molar-refractivity contribution in [1.82, 2.24) is 0 Å². The first-order valence-corrected chi connectivity index (χ1v) is 5.58. The molecule has 0 radical (unpaired) electrons. The number of benzene rings is 1. The van der Waals surface area contributed by atoms with Gasteiger partial charge in [0, 0.05) is 0 Å². The lowest BCUT2D eigenvalue weighted by molar-refractivity contribution is 0.102. The second-order valence-corrected chi connectivity index (χ2v) is 4.23. The van der Waals surface area contributed by atoms with Crippen LogP contribution in [0.5, 0.6) is 5.75 Å². The maximum absolute atomic E-state index is 5.97. The lowest BCUT2D eigenvalue weighted by Gasteiger charge is -2.29. The molecule has 0 N–H and O–H groups in total. The monoisotopic (exact) mass is 190 g/mol. The first kappa shape index (κ1) is 9.57. The van der Waals surface area contributed by atoms with Crippen molar-refractivity contribution in [3.8, 4) is 5.75 Å². The van der Waals surface area contributed by atoms with Gasteiger partial charge in [-0.2, -0.15) is 0 Å². The predicted molar refractivity (Wildman–Crippen MR) is 58.5 cm³/mol. The summed E-state index contributed by atoms with van der Waals surface area (Å²) >= 11 is 0. The molecular weight excluding hydrogens is 172 g/mol. The van der Waals surface area contributed by atoms with E-state index in [-0.39, 0.29) is 0 Å². The van der Waals surface area contributed by atoms with Crippen LogP contribution in [0, 0.1) is 5.92 Å². The molecule has 2 rings (SSSR count). The molecule has 2 atom stereocenters. The van der Waals surface area contributed by atoms with Crippen LogP contribution in [0.15, 0.2) is 30.3 Å². The molecule has 1 aromatic rings. The molecule has 1 fully saturated rings. The quantitative estimate of drug-likeness (QED) is 0.691. The van der Waals surface area contributed by atoms with Gasteiger partial charge in [0.25, 0.3) is 0 Å². The molecule has 1 saturated carbocycles. The Hall–Kier alpha value is -0.980. The van der Waals surface area contributed by atoms with Gasteiger partial charge in [0.15, 0.2) is 0 Å². The molecule has 2 unspecified atom stereocenters. The van der Waals surface area contributed by atoms with Gasteiger partial charge in [-0.05, 0) is 37.3 Å². The fourth-order valence-electron chi connectivity index (χ4n) is 2.13. The van der Waals surface area contributed by atoms with Crippen molar-refractivity contribution in [2.24, 2.45) is 5.92 Å². The van der Waals surface area contributed by atoms with E-state index >= 15 is 0 Å². The molecule has 1 aliphatic rings. The van der Waals surface area contributed by atoms with Crippen molar-refractivity contribution in [3.05, 3.63) is 30.3 Å². The number of hydrogen-bond donors (Lipinski definition) is 0. The summed E-state index contributed by atoms with van der Waals surface area (Å²) in [5, 5.41) is 0. The number of hydrogen-bond acceptors (Lipinski definition) is 1. The lowest BCUT2D eigenvalue weighted by Crippen LogP contribution is -2.28. The highest BCUT2D eigenvalue weighted by Gasteiger charge is 2.22. The van der Waals surface area contributed by atoms with Gasteiger partial charge in [0.05, 0.1) is 0 Å². The highest BCUT2D eigenvalue weighted by atomic mass is 16.5. The summed E-state index contributed by atoms with van der Waals surface area (Å²) in [7, 11) is 0. The van der Waals surface area contributed by atoms with Gasteiger partial charge in [-0.1, -0.05) is 31.5 Å². The highest BCUT2D eigenvalue weighted by molar-refractivity contribution is 5.21. The van der Waals surface area contributed by atoms with Crippen molar-refractivity contribution in [2.45, 2.75) is 38.7 Å². The smallest absolute Gasteiger partial charge is 0.119 e. The summed E-state index contributed by atoms with van der Waals surface area (Å²) in [5.41, 5.74) is 0. The van der Waals surface area contributed by atoms with Crippen molar-refractivity contribution < 1.29 is 4.74 Å². The average Bonchev–Trinajstić information content (AvgIpc) is 2.23. The maximum atomic E-state index is 5.97. The Bertz CT molecular complexity index is 268. The summed E-state index contributed by atoms with van der Waals surface area (Å²) in [6, 6.07) is 10.2. The van der Waals surface area contributed by atoms with Crippen LogP contribution in [0.3, 0.4) is 0 Å². The Balaban J connectivity index is 1.96. The van der Waals surface area contributed by atoms with Gasteiger partial charge in [0.1, 0.15) is 11.9 Å². The van der Waals surface area contributed by atoms with Crippen LogP contribution in [0.4, 0.5) is 0 Å². The van der Waals surface area contributed by atoms with E-state index in [4.69, 9.17) is 4.74 Å². The van der Waals surface area contributed by atoms with Gasteiger partial charge in [0.2, 0.25) is 0 Å². The molecule has 14 heavy (non-hydrogen) atoms. The molecule has 1 heteroatoms. The minimum absolute atomic E-state index is 0.436. The van der Waals surface area contributed by atoms with E-state index in [1.54, 1.807) is 0 Å². The van der Waals surface area contributed by atoms with Gasteiger partial charge in [-0.3, -0.25) is 0 Å². The third-order valence-corrected chi connectivity index (χ3v) is 3.06. The Morgan fingerprint density at radius 3 is 2.50 bits per heavy atom. The Labute approximate surface area is 86.1 Å². The number of para-hydroxylation sites is 1. The summed E-state index contributed by atoms with van der Waals surface area (Å²) in [4.78, 5) is 0. The van der Waals surface area contributed by atoms with Crippen LogP contribution >= 0.6 is 0 Å². The Morgan fingerprint density at radius 1 is 1.07 bits per heavy atom. The van der Waals surface area contributed by atoms with Crippen molar-refractivity contribution >= 4 is 0 Å². The topological polar surface area (TPSA) is 9.23 Å². The normalized spacial score (nSPS) is 27.2. The van der Waals surface area contributed by atoms with Crippen LogP contribution in [0.1, 0.15) is 32.6 Å². The van der Waals surface area contributed by atoms with Crippen LogP contribution in [0.2, 0.25) is 0 Å². The van der Waals surface area contributed by atoms with E-state index in [9.17, 15) is 0 Å². The lowest BCUT2D eigenvalue weighted by atomic mass is 9.88. The highest BCUT2D eigenvalue weighted by Crippen LogP contribution is 2.27. The zero-order valence-electron chi connectivity index (χ0n) is 8.78. The first-order chi connectivity index (χ1) is 6.86. The molecule has 0 spiro atoms. The predicted octanol–water partition coefficient (Wildman–Crippen LogP) is 3.64. The molecule has 76 valence electrons. The van der Waals surface area contributed by atoms with Gasteiger partial charge in [-0.15, -0.1) is 0 Å². The largest absolute Gasteiger partial charge is 0.490 e. The van der Waals surface area contributed by atoms with E-state index in [0.29, 0.717) is 12.0 Å². The zero-order valence-corrected chi connectivity index (χ0v) is 8.78. The van der Waals surface area contributed by atoms with Gasteiger partial charge < -0.3 is 4.74 Å².